The molecule has 2 aromatic heterocycles. The van der Waals surface area contributed by atoms with Crippen LogP contribution >= 0.6 is 11.6 Å². The van der Waals surface area contributed by atoms with Gasteiger partial charge < -0.3 is 23.7 Å². The van der Waals surface area contributed by atoms with Gasteiger partial charge >= 0.3 is 15.6 Å². The van der Waals surface area contributed by atoms with Crippen molar-refractivity contribution in [3.05, 3.63) is 161 Å². The first-order valence-electron chi connectivity index (χ1n) is 18.5. The first kappa shape index (κ1) is 42.3. The van der Waals surface area contributed by atoms with E-state index in [0.29, 0.717) is 11.1 Å². The van der Waals surface area contributed by atoms with Crippen molar-refractivity contribution < 1.29 is 49.5 Å². The second kappa shape index (κ2) is 18.6. The zero-order chi connectivity index (χ0) is 41.5. The van der Waals surface area contributed by atoms with E-state index in [1.807, 2.05) is 66.7 Å². The quantitative estimate of drug-likeness (QED) is 0.0534. The first-order valence-corrected chi connectivity index (χ1v) is 20.3. The summed E-state index contributed by atoms with van der Waals surface area (Å²) in [6.07, 6.45) is -4.93. The third-order valence-electron chi connectivity index (χ3n) is 9.72. The zero-order valence-electron chi connectivity index (χ0n) is 31.6. The molecule has 310 valence electrons. The molecule has 0 N–H and O–H groups in total. The highest BCUT2D eigenvalue weighted by atomic mass is 35.5. The molecular formula is C42H40ClF3N4O8S. The van der Waals surface area contributed by atoms with Crippen LogP contribution in [0.3, 0.4) is 0 Å². The number of fused-ring (bicyclic) bond motifs is 1. The van der Waals surface area contributed by atoms with E-state index in [-0.39, 0.29) is 49.4 Å². The van der Waals surface area contributed by atoms with Crippen LogP contribution in [0.4, 0.5) is 13.2 Å². The van der Waals surface area contributed by atoms with Crippen LogP contribution in [0.15, 0.2) is 134 Å². The molecule has 6 atom stereocenters. The number of imidazole rings is 1. The summed E-state index contributed by atoms with van der Waals surface area (Å²) in [5, 5.41) is -0.0688. The highest BCUT2D eigenvalue weighted by Gasteiger charge is 2.62. The Morgan fingerprint density at radius 1 is 0.712 bits per heavy atom. The largest absolute Gasteiger partial charge is 0.523 e. The molecule has 7 rings (SSSR count). The lowest BCUT2D eigenvalue weighted by molar-refractivity contribution is -0.210. The summed E-state index contributed by atoms with van der Waals surface area (Å²) in [5.41, 5.74) is -5.50. The van der Waals surface area contributed by atoms with Crippen LogP contribution in [0.5, 0.6) is 0 Å². The maximum absolute atomic E-state index is 14.5. The third-order valence-corrected chi connectivity index (χ3v) is 11.1. The Bertz CT molecular complexity index is 2370. The molecule has 1 fully saturated rings. The van der Waals surface area contributed by atoms with Crippen LogP contribution in [0.2, 0.25) is 5.15 Å². The molecule has 4 aromatic carbocycles. The molecule has 1 aliphatic heterocycles. The van der Waals surface area contributed by atoms with Crippen molar-refractivity contribution in [2.24, 2.45) is 0 Å². The third kappa shape index (κ3) is 9.99. The Morgan fingerprint density at radius 3 is 1.73 bits per heavy atom. The van der Waals surface area contributed by atoms with E-state index in [1.165, 1.54) is 10.9 Å². The van der Waals surface area contributed by atoms with Crippen molar-refractivity contribution in [1.82, 2.24) is 19.5 Å². The monoisotopic (exact) mass is 852 g/mol. The fourth-order valence-corrected chi connectivity index (χ4v) is 7.80. The van der Waals surface area contributed by atoms with Crippen molar-refractivity contribution in [2.45, 2.75) is 75.1 Å². The summed E-state index contributed by atoms with van der Waals surface area (Å²) >= 11 is 6.40. The van der Waals surface area contributed by atoms with E-state index >= 15 is 0 Å². The minimum atomic E-state index is -6.39. The number of alkyl halides is 3. The Labute approximate surface area is 343 Å². The molecule has 0 bridgehead atoms. The summed E-state index contributed by atoms with van der Waals surface area (Å²) in [4.78, 5) is 12.6. The summed E-state index contributed by atoms with van der Waals surface area (Å²) < 4.78 is 110. The maximum Gasteiger partial charge on any atom is 0.523 e. The Hall–Kier alpha value is -4.78. The van der Waals surface area contributed by atoms with Crippen LogP contribution in [0.1, 0.15) is 35.4 Å². The van der Waals surface area contributed by atoms with Gasteiger partial charge in [0.1, 0.15) is 36.3 Å². The molecule has 0 amide bonds. The molecule has 0 saturated carbocycles. The topological polar surface area (TPSA) is 133 Å². The van der Waals surface area contributed by atoms with Gasteiger partial charge in [-0.25, -0.2) is 19.1 Å². The summed E-state index contributed by atoms with van der Waals surface area (Å²) in [6.45, 7) is 0.738. The lowest BCUT2D eigenvalue weighted by Gasteiger charge is -2.43. The molecule has 0 spiro atoms. The molecule has 3 heterocycles. The molecule has 17 heteroatoms. The van der Waals surface area contributed by atoms with Gasteiger partial charge in [0.25, 0.3) is 0 Å². The maximum atomic E-state index is 14.5. The number of aromatic nitrogens is 4. The Balaban J connectivity index is 1.43. The molecule has 1 saturated heterocycles. The summed E-state index contributed by atoms with van der Waals surface area (Å²) in [5.74, 6) is 0. The van der Waals surface area contributed by atoms with Gasteiger partial charge in [0.05, 0.1) is 39.4 Å². The van der Waals surface area contributed by atoms with Crippen LogP contribution in [0.25, 0.3) is 11.2 Å². The minimum Gasteiger partial charge on any atom is -0.374 e. The highest BCUT2D eigenvalue weighted by molar-refractivity contribution is 7.87. The molecule has 6 aromatic rings. The van der Waals surface area contributed by atoms with Gasteiger partial charge in [-0.2, -0.15) is 21.6 Å². The van der Waals surface area contributed by atoms with Crippen LogP contribution < -0.4 is 0 Å². The molecule has 12 nitrogen and oxygen atoms in total. The van der Waals surface area contributed by atoms with Gasteiger partial charge in [-0.05, 0) is 29.2 Å². The second-order valence-electron chi connectivity index (χ2n) is 13.9. The number of halogens is 4. The summed E-state index contributed by atoms with van der Waals surface area (Å²) in [7, 11) is -6.39. The Kier molecular flexibility index (Phi) is 13.4. The van der Waals surface area contributed by atoms with Crippen molar-refractivity contribution in [3.63, 3.8) is 0 Å². The number of hydrogen-bond acceptors (Lipinski definition) is 11. The summed E-state index contributed by atoms with van der Waals surface area (Å²) in [6, 6.07) is 36.4. The van der Waals surface area contributed by atoms with Crippen molar-refractivity contribution in [2.75, 3.05) is 6.61 Å². The fraction of sp³-hybridized carbons (Fsp3) is 0.310. The Morgan fingerprint density at radius 2 is 1.20 bits per heavy atom. The fourth-order valence-electron chi connectivity index (χ4n) is 6.88. The van der Waals surface area contributed by atoms with Crippen LogP contribution in [-0.2, 0) is 64.4 Å². The van der Waals surface area contributed by atoms with Crippen molar-refractivity contribution in [3.8, 4) is 0 Å². The van der Waals surface area contributed by atoms with E-state index in [2.05, 4.69) is 15.0 Å². The second-order valence-corrected chi connectivity index (χ2v) is 15.8. The number of ether oxygens (including phenoxy) is 5. The van der Waals surface area contributed by atoms with Crippen molar-refractivity contribution in [1.29, 1.82) is 0 Å². The van der Waals surface area contributed by atoms with Gasteiger partial charge in [0.15, 0.2) is 22.6 Å². The van der Waals surface area contributed by atoms with Gasteiger partial charge in [0.2, 0.25) is 0 Å². The highest BCUT2D eigenvalue weighted by Crippen LogP contribution is 2.46. The first-order chi connectivity index (χ1) is 28.4. The molecule has 1 aliphatic rings. The predicted molar refractivity (Wildman–Crippen MR) is 210 cm³/mol. The molecule has 59 heavy (non-hydrogen) atoms. The van der Waals surface area contributed by atoms with E-state index in [0.717, 1.165) is 24.4 Å². The van der Waals surface area contributed by atoms with Gasteiger partial charge in [-0.15, -0.1) is 0 Å². The number of hydrogen-bond donors (Lipinski definition) is 0. The van der Waals surface area contributed by atoms with Crippen LogP contribution in [-0.4, -0.2) is 70.1 Å². The van der Waals surface area contributed by atoms with E-state index in [9.17, 15) is 21.6 Å². The smallest absolute Gasteiger partial charge is 0.374 e. The van der Waals surface area contributed by atoms with Gasteiger partial charge in [-0.1, -0.05) is 133 Å². The lowest BCUT2D eigenvalue weighted by Crippen LogP contribution is -2.59. The zero-order valence-corrected chi connectivity index (χ0v) is 33.2. The van der Waals surface area contributed by atoms with E-state index in [1.54, 1.807) is 54.6 Å². The number of nitrogens with zero attached hydrogens (tertiary/aromatic N) is 4. The number of rotatable bonds is 16. The standard InChI is InChI=1S/C42H40ClF3N4O8S/c1-41(58-59(51,52)42(44,45)46)37(56-25-32-20-12-5-13-21-32)36(55-24-31-18-10-4-11-19-31)35(54-23-30-16-8-3-9-17-30)33(26-53-22-29-14-6-2-7-15-29)57-40(41)50-28-49-34-38(43)47-27-48-39(34)50/h2-21,27-28,33,35-37,40H,22-26H2,1H3/t33-,35-,36+,37-,40-,41?/m1/s1. The molecule has 1 unspecified atom stereocenters. The molecule has 0 aliphatic carbocycles. The average molecular weight is 853 g/mol. The normalized spacial score (nSPS) is 22.6. The molecule has 0 radical (unpaired) electrons. The van der Waals surface area contributed by atoms with Gasteiger partial charge in [0, 0.05) is 0 Å². The average Bonchev–Trinajstić information content (AvgIpc) is 3.63. The van der Waals surface area contributed by atoms with Crippen molar-refractivity contribution >= 4 is 32.9 Å². The van der Waals surface area contributed by atoms with E-state index < -0.39 is 51.9 Å². The predicted octanol–water partition coefficient (Wildman–Crippen LogP) is 7.98. The SMILES string of the molecule is CC1(OS(=O)(=O)C(F)(F)F)[C@H](OCc2ccccc2)[C@@H](OCc2ccccc2)[C@H](OCc2ccccc2)[C@@H](COCc2ccccc2)O[C@H]1n1cnc2c(Cl)ncnc21. The molecular weight excluding hydrogens is 813 g/mol. The minimum absolute atomic E-state index is 0.00500. The lowest BCUT2D eigenvalue weighted by atomic mass is 9.89. The number of benzene rings is 4. The van der Waals surface area contributed by atoms with E-state index in [4.69, 9.17) is 39.5 Å². The van der Waals surface area contributed by atoms with Gasteiger partial charge in [-0.3, -0.25) is 4.57 Å². The van der Waals surface area contributed by atoms with Crippen LogP contribution in [0, 0.1) is 0 Å².